The SMILES string of the molecule is O=S1(=O)CCC(Nc2nc(-c3ccccn3)nc3c2CCC3)CC1. The van der Waals surface area contributed by atoms with Crippen molar-refractivity contribution >= 4 is 15.7 Å². The summed E-state index contributed by atoms with van der Waals surface area (Å²) >= 11 is 0. The van der Waals surface area contributed by atoms with E-state index in [2.05, 4.69) is 10.3 Å². The number of rotatable bonds is 3. The van der Waals surface area contributed by atoms with Gasteiger partial charge in [0.2, 0.25) is 0 Å². The van der Waals surface area contributed by atoms with Crippen LogP contribution >= 0.6 is 0 Å². The number of nitrogens with one attached hydrogen (secondary N) is 1. The number of aromatic nitrogens is 3. The summed E-state index contributed by atoms with van der Waals surface area (Å²) in [4.78, 5) is 13.8. The second kappa shape index (κ2) is 6.12. The van der Waals surface area contributed by atoms with Crippen LogP contribution in [0, 0.1) is 0 Å². The first-order chi connectivity index (χ1) is 11.6. The van der Waals surface area contributed by atoms with E-state index in [0.717, 1.165) is 36.5 Å². The van der Waals surface area contributed by atoms with Crippen LogP contribution in [0.1, 0.15) is 30.5 Å². The lowest BCUT2D eigenvalue weighted by molar-refractivity contribution is 0.559. The van der Waals surface area contributed by atoms with Crippen LogP contribution in [0.3, 0.4) is 0 Å². The zero-order valence-corrected chi connectivity index (χ0v) is 14.2. The zero-order chi connectivity index (χ0) is 16.6. The van der Waals surface area contributed by atoms with Gasteiger partial charge < -0.3 is 5.32 Å². The standard InChI is InChI=1S/C17H20N4O2S/c22-24(23)10-7-12(8-11-24)19-16-13-4-3-6-14(13)20-17(21-16)15-5-1-2-9-18-15/h1-2,5,9,12H,3-4,6-8,10-11H2,(H,19,20,21). The van der Waals surface area contributed by atoms with Gasteiger partial charge >= 0.3 is 0 Å². The summed E-state index contributed by atoms with van der Waals surface area (Å²) in [7, 11) is -2.85. The van der Waals surface area contributed by atoms with E-state index in [1.54, 1.807) is 6.20 Å². The predicted molar refractivity (Wildman–Crippen MR) is 92.6 cm³/mol. The molecule has 3 heterocycles. The number of pyridine rings is 1. The Balaban J connectivity index is 1.64. The fourth-order valence-corrected chi connectivity index (χ4v) is 4.88. The van der Waals surface area contributed by atoms with E-state index in [1.807, 2.05) is 18.2 Å². The quantitative estimate of drug-likeness (QED) is 0.917. The van der Waals surface area contributed by atoms with Gasteiger partial charge in [-0.1, -0.05) is 6.07 Å². The number of hydrogen-bond acceptors (Lipinski definition) is 6. The van der Waals surface area contributed by atoms with Crippen LogP contribution in [0.25, 0.3) is 11.5 Å². The third kappa shape index (κ3) is 3.13. The van der Waals surface area contributed by atoms with Crippen LogP contribution in [0.15, 0.2) is 24.4 Å². The van der Waals surface area contributed by atoms with E-state index in [9.17, 15) is 8.42 Å². The molecular weight excluding hydrogens is 324 g/mol. The normalized spacial score (nSPS) is 19.8. The first-order valence-corrected chi connectivity index (χ1v) is 10.2. The van der Waals surface area contributed by atoms with Gasteiger partial charge in [-0.05, 0) is 44.2 Å². The van der Waals surface area contributed by atoms with Crippen LogP contribution in [0.2, 0.25) is 0 Å². The topological polar surface area (TPSA) is 84.8 Å². The Kier molecular flexibility index (Phi) is 3.96. The van der Waals surface area contributed by atoms with Crippen molar-refractivity contribution in [1.29, 1.82) is 0 Å². The maximum atomic E-state index is 11.6. The van der Waals surface area contributed by atoms with Gasteiger partial charge in [0, 0.05) is 23.5 Å². The summed E-state index contributed by atoms with van der Waals surface area (Å²) in [5.74, 6) is 2.01. The minimum absolute atomic E-state index is 0.157. The van der Waals surface area contributed by atoms with Gasteiger partial charge in [0.15, 0.2) is 5.82 Å². The van der Waals surface area contributed by atoms with Gasteiger partial charge in [0.1, 0.15) is 21.3 Å². The van der Waals surface area contributed by atoms with Crippen molar-refractivity contribution in [3.8, 4) is 11.5 Å². The van der Waals surface area contributed by atoms with Gasteiger partial charge in [-0.15, -0.1) is 0 Å². The minimum Gasteiger partial charge on any atom is -0.367 e. The highest BCUT2D eigenvalue weighted by atomic mass is 32.2. The molecule has 1 aliphatic carbocycles. The summed E-state index contributed by atoms with van der Waals surface area (Å²) in [6, 6.07) is 5.87. The van der Waals surface area contributed by atoms with Crippen molar-refractivity contribution in [3.63, 3.8) is 0 Å². The van der Waals surface area contributed by atoms with Crippen molar-refractivity contribution in [3.05, 3.63) is 35.7 Å². The number of nitrogens with zero attached hydrogens (tertiary/aromatic N) is 3. The monoisotopic (exact) mass is 344 g/mol. The number of aryl methyl sites for hydroxylation is 1. The van der Waals surface area contributed by atoms with E-state index in [0.29, 0.717) is 18.7 Å². The summed E-state index contributed by atoms with van der Waals surface area (Å²) in [5, 5.41) is 3.49. The number of anilines is 1. The molecular formula is C17H20N4O2S. The Morgan fingerprint density at radius 3 is 2.67 bits per heavy atom. The second-order valence-electron chi connectivity index (χ2n) is 6.46. The predicted octanol–water partition coefficient (Wildman–Crippen LogP) is 2.02. The van der Waals surface area contributed by atoms with E-state index in [4.69, 9.17) is 9.97 Å². The molecule has 1 fully saturated rings. The Labute approximate surface area is 141 Å². The smallest absolute Gasteiger partial charge is 0.180 e. The van der Waals surface area contributed by atoms with Gasteiger partial charge in [-0.3, -0.25) is 4.98 Å². The highest BCUT2D eigenvalue weighted by molar-refractivity contribution is 7.91. The Morgan fingerprint density at radius 2 is 1.92 bits per heavy atom. The second-order valence-corrected chi connectivity index (χ2v) is 8.76. The van der Waals surface area contributed by atoms with Crippen molar-refractivity contribution in [1.82, 2.24) is 15.0 Å². The fraction of sp³-hybridized carbons (Fsp3) is 0.471. The van der Waals surface area contributed by atoms with Crippen molar-refractivity contribution in [2.75, 3.05) is 16.8 Å². The largest absolute Gasteiger partial charge is 0.367 e. The maximum Gasteiger partial charge on any atom is 0.180 e. The molecule has 1 N–H and O–H groups in total. The van der Waals surface area contributed by atoms with Crippen molar-refractivity contribution in [2.24, 2.45) is 0 Å². The number of fused-ring (bicyclic) bond motifs is 1. The van der Waals surface area contributed by atoms with Crippen LogP contribution in [0.5, 0.6) is 0 Å². The molecule has 0 spiro atoms. The average Bonchev–Trinajstić information content (AvgIpc) is 3.06. The molecule has 1 aliphatic heterocycles. The molecule has 0 aromatic carbocycles. The molecule has 126 valence electrons. The van der Waals surface area contributed by atoms with Crippen LogP contribution < -0.4 is 5.32 Å². The molecule has 0 bridgehead atoms. The Bertz CT molecular complexity index is 838. The highest BCUT2D eigenvalue weighted by Gasteiger charge is 2.26. The number of sulfone groups is 1. The van der Waals surface area contributed by atoms with Gasteiger partial charge in [0.25, 0.3) is 0 Å². The molecule has 0 radical (unpaired) electrons. The van der Waals surface area contributed by atoms with E-state index in [-0.39, 0.29) is 17.5 Å². The lowest BCUT2D eigenvalue weighted by Crippen LogP contribution is -2.32. The molecule has 0 saturated carbocycles. The molecule has 2 aliphatic rings. The molecule has 2 aromatic rings. The summed E-state index contributed by atoms with van der Waals surface area (Å²) < 4.78 is 23.2. The highest BCUT2D eigenvalue weighted by Crippen LogP contribution is 2.30. The van der Waals surface area contributed by atoms with Gasteiger partial charge in [0.05, 0.1) is 11.5 Å². The molecule has 0 atom stereocenters. The van der Waals surface area contributed by atoms with Gasteiger partial charge in [-0.2, -0.15) is 0 Å². The molecule has 2 aromatic heterocycles. The average molecular weight is 344 g/mol. The summed E-state index contributed by atoms with van der Waals surface area (Å²) in [6.45, 7) is 0. The Morgan fingerprint density at radius 1 is 1.08 bits per heavy atom. The molecule has 0 unspecified atom stereocenters. The molecule has 6 nitrogen and oxygen atoms in total. The van der Waals surface area contributed by atoms with E-state index < -0.39 is 9.84 Å². The third-order valence-corrected chi connectivity index (χ3v) is 6.44. The maximum absolute atomic E-state index is 11.6. The minimum atomic E-state index is -2.85. The van der Waals surface area contributed by atoms with Crippen molar-refractivity contribution < 1.29 is 8.42 Å². The first-order valence-electron chi connectivity index (χ1n) is 8.39. The van der Waals surface area contributed by atoms with Crippen LogP contribution in [-0.4, -0.2) is 40.9 Å². The van der Waals surface area contributed by atoms with E-state index >= 15 is 0 Å². The molecule has 7 heteroatoms. The van der Waals surface area contributed by atoms with Crippen LogP contribution in [0.4, 0.5) is 5.82 Å². The van der Waals surface area contributed by atoms with E-state index in [1.165, 1.54) is 5.56 Å². The lowest BCUT2D eigenvalue weighted by Gasteiger charge is -2.24. The summed E-state index contributed by atoms with van der Waals surface area (Å²) in [5.41, 5.74) is 3.04. The van der Waals surface area contributed by atoms with Crippen molar-refractivity contribution in [2.45, 2.75) is 38.1 Å². The third-order valence-electron chi connectivity index (χ3n) is 4.72. The lowest BCUT2D eigenvalue weighted by atomic mass is 10.1. The van der Waals surface area contributed by atoms with Gasteiger partial charge in [-0.25, -0.2) is 18.4 Å². The van der Waals surface area contributed by atoms with Crippen LogP contribution in [-0.2, 0) is 22.7 Å². The molecule has 0 amide bonds. The Hall–Kier alpha value is -2.02. The fourth-order valence-electron chi connectivity index (χ4n) is 3.39. The summed E-state index contributed by atoms with van der Waals surface area (Å²) in [6.07, 6.45) is 6.05. The molecule has 24 heavy (non-hydrogen) atoms. The zero-order valence-electron chi connectivity index (χ0n) is 13.4. The first kappa shape index (κ1) is 15.5. The number of hydrogen-bond donors (Lipinski definition) is 1. The molecule has 4 rings (SSSR count). The molecule has 1 saturated heterocycles.